The Balaban J connectivity index is 1.40. The third kappa shape index (κ3) is 2.13. The van der Waals surface area contributed by atoms with E-state index in [1.807, 2.05) is 6.08 Å². The van der Waals surface area contributed by atoms with Crippen LogP contribution in [0.1, 0.15) is 46.0 Å². The van der Waals surface area contributed by atoms with E-state index in [1.54, 1.807) is 0 Å². The molecule has 2 heterocycles. The van der Waals surface area contributed by atoms with E-state index in [4.69, 9.17) is 18.9 Å². The lowest BCUT2D eigenvalue weighted by Gasteiger charge is -2.60. The maximum atomic E-state index is 11.6. The largest absolute Gasteiger partial charge is 0.393 e. The van der Waals surface area contributed by atoms with Gasteiger partial charge < -0.3 is 24.1 Å². The van der Waals surface area contributed by atoms with Gasteiger partial charge in [-0.2, -0.15) is 4.91 Å². The smallest absolute Gasteiger partial charge is 0.226 e. The molecule has 6 rings (SSSR count). The highest BCUT2D eigenvalue weighted by Gasteiger charge is 2.76. The molecule has 164 valence electrons. The number of aliphatic hydroxyl groups is 1. The molecule has 1 N–H and O–H groups in total. The normalized spacial score (nSPS) is 56.6. The van der Waals surface area contributed by atoms with Gasteiger partial charge in [-0.1, -0.05) is 42.8 Å². The van der Waals surface area contributed by atoms with Crippen molar-refractivity contribution in [1.82, 2.24) is 0 Å². The van der Waals surface area contributed by atoms with Crippen LogP contribution in [0.3, 0.4) is 0 Å². The molecule has 7 nitrogen and oxygen atoms in total. The van der Waals surface area contributed by atoms with Gasteiger partial charge in [0.2, 0.25) is 5.79 Å². The van der Waals surface area contributed by atoms with Crippen molar-refractivity contribution in [3.63, 3.8) is 0 Å². The standard InChI is InChI=1S/C23H31NO6/c1-20-7-5-15(24-26)9-14(20)3-4-16-17-6-8-22(21(17,2)10-18(25)19(16)20)23(30-13-28-22)11-27-12-29-23/h3,5,7,15-19,25H,4,6,8-13H2,1-2H3/t15?,16?,17?,18-,19?,20-,21-,22+,23?/m0/s1. The van der Waals surface area contributed by atoms with Crippen molar-refractivity contribution >= 4 is 0 Å². The fourth-order valence-corrected chi connectivity index (χ4v) is 8.41. The Bertz CT molecular complexity index is 815. The summed E-state index contributed by atoms with van der Waals surface area (Å²) in [5.41, 5.74) is 0.186. The van der Waals surface area contributed by atoms with Crippen LogP contribution in [0, 0.1) is 33.5 Å². The topological polar surface area (TPSA) is 86.6 Å². The molecule has 2 spiro atoms. The lowest BCUT2D eigenvalue weighted by Crippen LogP contribution is -2.66. The third-order valence-electron chi connectivity index (χ3n) is 9.70. The van der Waals surface area contributed by atoms with Crippen LogP contribution >= 0.6 is 0 Å². The number of hydrogen-bond acceptors (Lipinski definition) is 7. The Morgan fingerprint density at radius 1 is 1.20 bits per heavy atom. The summed E-state index contributed by atoms with van der Waals surface area (Å²) in [7, 11) is 0. The second-order valence-electron chi connectivity index (χ2n) is 10.6. The van der Waals surface area contributed by atoms with Crippen LogP contribution < -0.4 is 0 Å². The molecule has 4 fully saturated rings. The first-order valence-corrected chi connectivity index (χ1v) is 11.3. The quantitative estimate of drug-likeness (QED) is 0.521. The molecule has 7 heteroatoms. The van der Waals surface area contributed by atoms with E-state index in [0.29, 0.717) is 31.3 Å². The summed E-state index contributed by atoms with van der Waals surface area (Å²) in [6, 6.07) is -0.287. The summed E-state index contributed by atoms with van der Waals surface area (Å²) in [5.74, 6) is 0.0176. The molecule has 2 aliphatic heterocycles. The first-order valence-electron chi connectivity index (χ1n) is 11.3. The number of hydrogen-bond donors (Lipinski definition) is 1. The van der Waals surface area contributed by atoms with Crippen LogP contribution in [0.4, 0.5) is 0 Å². The molecule has 2 saturated heterocycles. The molecular formula is C23H31NO6. The van der Waals surface area contributed by atoms with Crippen molar-refractivity contribution in [2.45, 2.75) is 69.5 Å². The number of fused-ring (bicyclic) bond motifs is 7. The molecule has 2 saturated carbocycles. The lowest BCUT2D eigenvalue weighted by molar-refractivity contribution is -0.255. The molecule has 9 atom stereocenters. The summed E-state index contributed by atoms with van der Waals surface area (Å²) in [6.07, 6.45) is 10.1. The summed E-state index contributed by atoms with van der Waals surface area (Å²) < 4.78 is 24.1. The summed E-state index contributed by atoms with van der Waals surface area (Å²) >= 11 is 0. The number of allylic oxidation sites excluding steroid dienone is 2. The summed E-state index contributed by atoms with van der Waals surface area (Å²) in [6.45, 7) is 5.31. The predicted octanol–water partition coefficient (Wildman–Crippen LogP) is 3.27. The second kappa shape index (κ2) is 6.23. The molecule has 5 unspecified atom stereocenters. The van der Waals surface area contributed by atoms with Crippen molar-refractivity contribution in [3.8, 4) is 0 Å². The summed E-state index contributed by atoms with van der Waals surface area (Å²) in [4.78, 5) is 11.1. The number of rotatable bonds is 1. The third-order valence-corrected chi connectivity index (χ3v) is 9.70. The molecule has 0 bridgehead atoms. The Morgan fingerprint density at radius 2 is 2.03 bits per heavy atom. The lowest BCUT2D eigenvalue weighted by atomic mass is 9.46. The molecule has 0 aromatic rings. The van der Waals surface area contributed by atoms with Gasteiger partial charge in [-0.15, -0.1) is 0 Å². The van der Waals surface area contributed by atoms with Crippen LogP contribution in [-0.4, -0.2) is 48.8 Å². The van der Waals surface area contributed by atoms with E-state index < -0.39 is 17.5 Å². The van der Waals surface area contributed by atoms with Crippen molar-refractivity contribution in [3.05, 3.63) is 28.7 Å². The van der Waals surface area contributed by atoms with Gasteiger partial charge in [0.25, 0.3) is 0 Å². The molecule has 30 heavy (non-hydrogen) atoms. The van der Waals surface area contributed by atoms with E-state index in [-0.39, 0.29) is 36.4 Å². The van der Waals surface area contributed by atoms with Crippen LogP contribution in [0.5, 0.6) is 0 Å². The van der Waals surface area contributed by atoms with E-state index >= 15 is 0 Å². The molecule has 0 amide bonds. The molecule has 0 aromatic heterocycles. The highest BCUT2D eigenvalue weighted by Crippen LogP contribution is 2.70. The van der Waals surface area contributed by atoms with Gasteiger partial charge in [0.05, 0.1) is 6.10 Å². The fraction of sp³-hybridized carbons (Fsp3) is 0.826. The van der Waals surface area contributed by atoms with Gasteiger partial charge in [-0.05, 0) is 43.9 Å². The van der Waals surface area contributed by atoms with Crippen molar-refractivity contribution in [2.75, 3.05) is 20.2 Å². The molecule has 0 aromatic carbocycles. The zero-order chi connectivity index (χ0) is 20.8. The monoisotopic (exact) mass is 417 g/mol. The molecule has 6 aliphatic rings. The van der Waals surface area contributed by atoms with E-state index in [1.165, 1.54) is 5.57 Å². The predicted molar refractivity (Wildman–Crippen MR) is 107 cm³/mol. The zero-order valence-corrected chi connectivity index (χ0v) is 17.7. The fourth-order valence-electron chi connectivity index (χ4n) is 8.41. The number of ether oxygens (including phenoxy) is 4. The highest BCUT2D eigenvalue weighted by atomic mass is 16.9. The van der Waals surface area contributed by atoms with Crippen molar-refractivity contribution < 1.29 is 24.1 Å². The van der Waals surface area contributed by atoms with Gasteiger partial charge in [0.15, 0.2) is 13.6 Å². The van der Waals surface area contributed by atoms with Crippen LogP contribution in [0.25, 0.3) is 0 Å². The van der Waals surface area contributed by atoms with Gasteiger partial charge in [-0.25, -0.2) is 0 Å². The zero-order valence-electron chi connectivity index (χ0n) is 17.7. The average molecular weight is 418 g/mol. The summed E-state index contributed by atoms with van der Waals surface area (Å²) in [5, 5.41) is 14.9. The van der Waals surface area contributed by atoms with E-state index in [9.17, 15) is 10.0 Å². The molecule has 4 aliphatic carbocycles. The first kappa shape index (κ1) is 19.6. The minimum atomic E-state index is -0.865. The van der Waals surface area contributed by atoms with Gasteiger partial charge in [0.1, 0.15) is 18.2 Å². The van der Waals surface area contributed by atoms with E-state index in [2.05, 4.69) is 31.2 Å². The van der Waals surface area contributed by atoms with E-state index in [0.717, 1.165) is 19.3 Å². The Labute approximate surface area is 176 Å². The van der Waals surface area contributed by atoms with Gasteiger partial charge >= 0.3 is 0 Å². The number of nitrogens with zero attached hydrogens (tertiary/aromatic N) is 1. The van der Waals surface area contributed by atoms with Gasteiger partial charge in [0, 0.05) is 16.7 Å². The van der Waals surface area contributed by atoms with Crippen LogP contribution in [0.15, 0.2) is 29.0 Å². The van der Waals surface area contributed by atoms with Crippen LogP contribution in [-0.2, 0) is 18.9 Å². The minimum absolute atomic E-state index is 0.133. The first-order chi connectivity index (χ1) is 14.4. The Kier molecular flexibility index (Phi) is 4.06. The van der Waals surface area contributed by atoms with Crippen LogP contribution in [0.2, 0.25) is 0 Å². The average Bonchev–Trinajstić information content (AvgIpc) is 3.42. The minimum Gasteiger partial charge on any atom is -0.393 e. The molecule has 0 radical (unpaired) electrons. The number of nitroso groups, excluding NO2 is 1. The SMILES string of the molecule is C[C@]12C=CC(N=O)CC1=CCC1C2[C@@H](O)C[C@@]2(C)C1CC[C@@]21OCOC12COCO2. The highest BCUT2D eigenvalue weighted by molar-refractivity contribution is 5.35. The Morgan fingerprint density at radius 3 is 2.80 bits per heavy atom. The Hall–Kier alpha value is -1.12. The van der Waals surface area contributed by atoms with Gasteiger partial charge in [-0.3, -0.25) is 0 Å². The maximum Gasteiger partial charge on any atom is 0.226 e. The number of aliphatic hydroxyl groups excluding tert-OH is 1. The maximum absolute atomic E-state index is 11.6. The second-order valence-corrected chi connectivity index (χ2v) is 10.6. The molecular weight excluding hydrogens is 386 g/mol. The van der Waals surface area contributed by atoms with Crippen molar-refractivity contribution in [2.24, 2.45) is 33.8 Å². The van der Waals surface area contributed by atoms with Crippen molar-refractivity contribution in [1.29, 1.82) is 0 Å².